The molecule has 0 radical (unpaired) electrons. The summed E-state index contributed by atoms with van der Waals surface area (Å²) in [6.45, 7) is -0.453. The standard InChI is InChI=1S/C10H20N2O4S/c1-11(2)17(15,16)12(8-10(13)14)9-6-4-3-5-7-9/h9H,3-8H2,1-2H3,(H,13,14). The third-order valence-electron chi connectivity index (χ3n) is 3.03. The Morgan fingerprint density at radius 2 is 1.76 bits per heavy atom. The molecule has 0 amide bonds. The van der Waals surface area contributed by atoms with Crippen molar-refractivity contribution in [2.45, 2.75) is 38.1 Å². The predicted molar refractivity (Wildman–Crippen MR) is 63.8 cm³/mol. The molecule has 1 aliphatic carbocycles. The van der Waals surface area contributed by atoms with E-state index in [9.17, 15) is 13.2 Å². The SMILES string of the molecule is CN(C)S(=O)(=O)N(CC(=O)O)C1CCCCC1. The van der Waals surface area contributed by atoms with E-state index in [-0.39, 0.29) is 6.04 Å². The van der Waals surface area contributed by atoms with Crippen molar-refractivity contribution in [2.75, 3.05) is 20.6 Å². The van der Waals surface area contributed by atoms with Gasteiger partial charge in [0.05, 0.1) is 0 Å². The zero-order valence-electron chi connectivity index (χ0n) is 10.3. The summed E-state index contributed by atoms with van der Waals surface area (Å²) in [5.74, 6) is -1.11. The molecule has 100 valence electrons. The van der Waals surface area contributed by atoms with E-state index in [4.69, 9.17) is 5.11 Å². The van der Waals surface area contributed by atoms with E-state index in [1.54, 1.807) is 0 Å². The van der Waals surface area contributed by atoms with E-state index in [0.717, 1.165) is 40.7 Å². The number of carboxylic acids is 1. The van der Waals surface area contributed by atoms with Crippen LogP contribution in [0.3, 0.4) is 0 Å². The Labute approximate surface area is 102 Å². The van der Waals surface area contributed by atoms with E-state index < -0.39 is 22.7 Å². The van der Waals surface area contributed by atoms with Gasteiger partial charge >= 0.3 is 5.97 Å². The van der Waals surface area contributed by atoms with Crippen molar-refractivity contribution in [3.63, 3.8) is 0 Å². The van der Waals surface area contributed by atoms with E-state index in [1.165, 1.54) is 14.1 Å². The minimum absolute atomic E-state index is 0.174. The Bertz CT molecular complexity index is 361. The molecular formula is C10H20N2O4S. The summed E-state index contributed by atoms with van der Waals surface area (Å²) in [5.41, 5.74) is 0. The van der Waals surface area contributed by atoms with Gasteiger partial charge in [-0.25, -0.2) is 0 Å². The molecule has 7 heteroatoms. The molecular weight excluding hydrogens is 244 g/mol. The Hall–Kier alpha value is -0.660. The molecule has 0 unspecified atom stereocenters. The highest BCUT2D eigenvalue weighted by Gasteiger charge is 2.33. The van der Waals surface area contributed by atoms with Crippen molar-refractivity contribution in [3.05, 3.63) is 0 Å². The van der Waals surface area contributed by atoms with E-state index in [1.807, 2.05) is 0 Å². The largest absolute Gasteiger partial charge is 0.480 e. The van der Waals surface area contributed by atoms with Gasteiger partial charge in [-0.15, -0.1) is 0 Å². The minimum Gasteiger partial charge on any atom is -0.480 e. The molecule has 0 aromatic carbocycles. The first kappa shape index (κ1) is 14.4. The highest BCUT2D eigenvalue weighted by atomic mass is 32.2. The topological polar surface area (TPSA) is 77.9 Å². The third kappa shape index (κ3) is 3.65. The van der Waals surface area contributed by atoms with Gasteiger partial charge in [0.1, 0.15) is 6.54 Å². The van der Waals surface area contributed by atoms with Crippen molar-refractivity contribution >= 4 is 16.2 Å². The lowest BCUT2D eigenvalue weighted by Gasteiger charge is -2.33. The van der Waals surface area contributed by atoms with E-state index >= 15 is 0 Å². The fraction of sp³-hybridized carbons (Fsp3) is 0.900. The van der Waals surface area contributed by atoms with E-state index in [0.29, 0.717) is 0 Å². The van der Waals surface area contributed by atoms with Crippen LogP contribution in [0.2, 0.25) is 0 Å². The van der Waals surface area contributed by atoms with Gasteiger partial charge in [0.2, 0.25) is 0 Å². The lowest BCUT2D eigenvalue weighted by molar-refractivity contribution is -0.137. The Morgan fingerprint density at radius 1 is 1.24 bits per heavy atom. The van der Waals surface area contributed by atoms with Gasteiger partial charge in [-0.1, -0.05) is 19.3 Å². The van der Waals surface area contributed by atoms with Crippen LogP contribution in [0.15, 0.2) is 0 Å². The fourth-order valence-corrected chi connectivity index (χ4v) is 3.39. The molecule has 0 heterocycles. The average Bonchev–Trinajstić information content (AvgIpc) is 2.26. The Balaban J connectivity index is 2.90. The van der Waals surface area contributed by atoms with Crippen molar-refractivity contribution in [3.8, 4) is 0 Å². The smallest absolute Gasteiger partial charge is 0.318 e. The number of carboxylic acid groups (broad SMARTS) is 1. The Morgan fingerprint density at radius 3 is 2.18 bits per heavy atom. The fourth-order valence-electron chi connectivity index (χ4n) is 2.11. The number of nitrogens with zero attached hydrogens (tertiary/aromatic N) is 2. The molecule has 0 aromatic heterocycles. The molecule has 1 aliphatic rings. The molecule has 0 aromatic rings. The van der Waals surface area contributed by atoms with Gasteiger partial charge < -0.3 is 5.11 Å². The van der Waals surface area contributed by atoms with Crippen molar-refractivity contribution in [2.24, 2.45) is 0 Å². The second kappa shape index (κ2) is 5.79. The molecule has 1 fully saturated rings. The third-order valence-corrected chi connectivity index (χ3v) is 4.97. The lowest BCUT2D eigenvalue weighted by atomic mass is 9.95. The van der Waals surface area contributed by atoms with Gasteiger partial charge in [0, 0.05) is 20.1 Å². The highest BCUT2D eigenvalue weighted by molar-refractivity contribution is 7.86. The van der Waals surface area contributed by atoms with Crippen LogP contribution in [-0.4, -0.2) is 54.8 Å². The minimum atomic E-state index is -3.65. The van der Waals surface area contributed by atoms with Gasteiger partial charge in [0.15, 0.2) is 0 Å². The molecule has 0 bridgehead atoms. The van der Waals surface area contributed by atoms with Crippen molar-refractivity contribution in [1.29, 1.82) is 0 Å². The predicted octanol–water partition coefficient (Wildman–Crippen LogP) is 0.512. The molecule has 0 spiro atoms. The number of carbonyl (C=O) groups is 1. The molecule has 17 heavy (non-hydrogen) atoms. The van der Waals surface area contributed by atoms with Crippen LogP contribution < -0.4 is 0 Å². The summed E-state index contributed by atoms with van der Waals surface area (Å²) in [7, 11) is -0.801. The second-order valence-corrected chi connectivity index (χ2v) is 6.62. The normalized spacial score (nSPS) is 18.8. The van der Waals surface area contributed by atoms with Crippen LogP contribution in [0.25, 0.3) is 0 Å². The number of rotatable bonds is 5. The summed E-state index contributed by atoms with van der Waals surface area (Å²) < 4.78 is 26.3. The molecule has 1 N–H and O–H groups in total. The first-order valence-corrected chi connectivity index (χ1v) is 7.16. The van der Waals surface area contributed by atoms with Crippen LogP contribution in [0, 0.1) is 0 Å². The van der Waals surface area contributed by atoms with Crippen molar-refractivity contribution in [1.82, 2.24) is 8.61 Å². The summed E-state index contributed by atoms with van der Waals surface area (Å²) in [6.07, 6.45) is 4.52. The maximum atomic E-state index is 12.1. The lowest BCUT2D eigenvalue weighted by Crippen LogP contribution is -2.49. The summed E-state index contributed by atoms with van der Waals surface area (Å²) >= 11 is 0. The van der Waals surface area contributed by atoms with Crippen LogP contribution in [0.1, 0.15) is 32.1 Å². The maximum Gasteiger partial charge on any atom is 0.318 e. The number of hydrogen-bond donors (Lipinski definition) is 1. The van der Waals surface area contributed by atoms with Gasteiger partial charge in [-0.05, 0) is 12.8 Å². The summed E-state index contributed by atoms with van der Waals surface area (Å²) in [5, 5.41) is 8.84. The van der Waals surface area contributed by atoms with Crippen LogP contribution in [-0.2, 0) is 15.0 Å². The first-order valence-electron chi connectivity index (χ1n) is 5.77. The highest BCUT2D eigenvalue weighted by Crippen LogP contribution is 2.25. The van der Waals surface area contributed by atoms with Gasteiger partial charge in [-0.2, -0.15) is 17.0 Å². The monoisotopic (exact) mass is 264 g/mol. The molecule has 0 atom stereocenters. The van der Waals surface area contributed by atoms with Crippen LogP contribution in [0.4, 0.5) is 0 Å². The molecule has 1 saturated carbocycles. The zero-order valence-corrected chi connectivity index (χ0v) is 11.1. The summed E-state index contributed by atoms with van der Waals surface area (Å²) in [4.78, 5) is 10.8. The van der Waals surface area contributed by atoms with Crippen LogP contribution in [0.5, 0.6) is 0 Å². The quantitative estimate of drug-likeness (QED) is 0.785. The Kier molecular flexibility index (Phi) is 4.91. The molecule has 0 saturated heterocycles. The maximum absolute atomic E-state index is 12.1. The summed E-state index contributed by atoms with van der Waals surface area (Å²) in [6, 6.07) is -0.174. The molecule has 6 nitrogen and oxygen atoms in total. The second-order valence-electron chi connectivity index (χ2n) is 4.52. The zero-order chi connectivity index (χ0) is 13.1. The van der Waals surface area contributed by atoms with Gasteiger partial charge in [-0.3, -0.25) is 4.79 Å². The first-order chi connectivity index (χ1) is 7.85. The molecule has 0 aliphatic heterocycles. The van der Waals surface area contributed by atoms with Crippen molar-refractivity contribution < 1.29 is 18.3 Å². The average molecular weight is 264 g/mol. The van der Waals surface area contributed by atoms with E-state index in [2.05, 4.69) is 0 Å². The van der Waals surface area contributed by atoms with Crippen LogP contribution >= 0.6 is 0 Å². The number of hydrogen-bond acceptors (Lipinski definition) is 3. The molecule has 1 rings (SSSR count). The number of aliphatic carboxylic acids is 1. The van der Waals surface area contributed by atoms with Gasteiger partial charge in [0.25, 0.3) is 10.2 Å².